The smallest absolute Gasteiger partial charge is 0.00116 e. The summed E-state index contributed by atoms with van der Waals surface area (Å²) < 4.78 is 0. The SMILES string of the molecule is CC(S)CCCCCCCCCCN. The van der Waals surface area contributed by atoms with Crippen LogP contribution in [0, 0.1) is 0 Å². The Labute approximate surface area is 95.2 Å². The predicted octanol–water partition coefficient (Wildman–Crippen LogP) is 3.77. The largest absolute Gasteiger partial charge is 0.330 e. The minimum absolute atomic E-state index is 0.583. The fourth-order valence-corrected chi connectivity index (χ4v) is 1.83. The molecule has 1 atom stereocenters. The van der Waals surface area contributed by atoms with E-state index in [2.05, 4.69) is 19.6 Å². The highest BCUT2D eigenvalue weighted by Crippen LogP contribution is 2.11. The first kappa shape index (κ1) is 14.3. The van der Waals surface area contributed by atoms with Gasteiger partial charge in [0, 0.05) is 0 Å². The van der Waals surface area contributed by atoms with Gasteiger partial charge in [-0.25, -0.2) is 0 Å². The van der Waals surface area contributed by atoms with Crippen LogP contribution in [0.15, 0.2) is 0 Å². The topological polar surface area (TPSA) is 26.0 Å². The zero-order chi connectivity index (χ0) is 10.6. The summed E-state index contributed by atoms with van der Waals surface area (Å²) in [5.74, 6) is 0. The van der Waals surface area contributed by atoms with Crippen molar-refractivity contribution in [3.8, 4) is 0 Å². The van der Waals surface area contributed by atoms with Gasteiger partial charge in [0.1, 0.15) is 0 Å². The van der Waals surface area contributed by atoms with Gasteiger partial charge in [-0.2, -0.15) is 12.6 Å². The standard InChI is InChI=1S/C12H27NS/c1-12(14)10-8-6-4-2-3-5-7-9-11-13/h12,14H,2-11,13H2,1H3. The molecule has 1 unspecified atom stereocenters. The van der Waals surface area contributed by atoms with Gasteiger partial charge >= 0.3 is 0 Å². The zero-order valence-electron chi connectivity index (χ0n) is 9.67. The molecule has 0 aliphatic carbocycles. The van der Waals surface area contributed by atoms with Crippen molar-refractivity contribution in [1.82, 2.24) is 0 Å². The van der Waals surface area contributed by atoms with Crippen LogP contribution in [-0.4, -0.2) is 11.8 Å². The van der Waals surface area contributed by atoms with E-state index in [0.717, 1.165) is 6.54 Å². The Morgan fingerprint density at radius 2 is 1.29 bits per heavy atom. The summed E-state index contributed by atoms with van der Waals surface area (Å²) in [6.45, 7) is 3.04. The van der Waals surface area contributed by atoms with Gasteiger partial charge in [-0.1, -0.05) is 51.9 Å². The van der Waals surface area contributed by atoms with Crippen molar-refractivity contribution in [2.75, 3.05) is 6.54 Å². The normalized spacial score (nSPS) is 13.1. The Kier molecular flexibility index (Phi) is 11.6. The van der Waals surface area contributed by atoms with Crippen molar-refractivity contribution in [1.29, 1.82) is 0 Å². The van der Waals surface area contributed by atoms with Gasteiger partial charge in [0.05, 0.1) is 0 Å². The minimum Gasteiger partial charge on any atom is -0.330 e. The summed E-state index contributed by atoms with van der Waals surface area (Å²) in [6, 6.07) is 0. The lowest BCUT2D eigenvalue weighted by Gasteiger charge is -2.03. The fraction of sp³-hybridized carbons (Fsp3) is 1.00. The van der Waals surface area contributed by atoms with Gasteiger partial charge in [0.2, 0.25) is 0 Å². The van der Waals surface area contributed by atoms with Crippen LogP contribution in [0.3, 0.4) is 0 Å². The summed E-state index contributed by atoms with van der Waals surface area (Å²) >= 11 is 4.37. The monoisotopic (exact) mass is 217 g/mol. The maximum Gasteiger partial charge on any atom is -0.00116 e. The highest BCUT2D eigenvalue weighted by molar-refractivity contribution is 7.80. The number of rotatable bonds is 10. The van der Waals surface area contributed by atoms with Crippen LogP contribution < -0.4 is 5.73 Å². The van der Waals surface area contributed by atoms with E-state index < -0.39 is 0 Å². The predicted molar refractivity (Wildman–Crippen MR) is 69.1 cm³/mol. The van der Waals surface area contributed by atoms with E-state index in [4.69, 9.17) is 5.73 Å². The van der Waals surface area contributed by atoms with Crippen LogP contribution in [0.2, 0.25) is 0 Å². The molecular weight excluding hydrogens is 190 g/mol. The number of thiol groups is 1. The first-order valence-electron chi connectivity index (χ1n) is 6.15. The molecule has 0 saturated heterocycles. The highest BCUT2D eigenvalue weighted by atomic mass is 32.1. The van der Waals surface area contributed by atoms with Gasteiger partial charge in [0.15, 0.2) is 0 Å². The molecule has 1 nitrogen and oxygen atoms in total. The number of hydrogen-bond donors (Lipinski definition) is 2. The Balaban J connectivity index is 2.85. The van der Waals surface area contributed by atoms with Gasteiger partial charge in [-0.15, -0.1) is 0 Å². The summed E-state index contributed by atoms with van der Waals surface area (Å²) in [4.78, 5) is 0. The van der Waals surface area contributed by atoms with E-state index in [9.17, 15) is 0 Å². The van der Waals surface area contributed by atoms with Crippen LogP contribution >= 0.6 is 12.6 Å². The molecule has 0 aromatic rings. The molecule has 2 heteroatoms. The average molecular weight is 217 g/mol. The third-order valence-corrected chi connectivity index (χ3v) is 2.83. The van der Waals surface area contributed by atoms with E-state index in [1.54, 1.807) is 0 Å². The van der Waals surface area contributed by atoms with E-state index >= 15 is 0 Å². The third kappa shape index (κ3) is 12.3. The molecule has 0 radical (unpaired) electrons. The van der Waals surface area contributed by atoms with Crippen molar-refractivity contribution in [2.24, 2.45) is 5.73 Å². The number of unbranched alkanes of at least 4 members (excludes halogenated alkanes) is 7. The second-order valence-corrected chi connectivity index (χ2v) is 5.14. The molecule has 86 valence electrons. The molecule has 14 heavy (non-hydrogen) atoms. The molecule has 0 aliphatic heterocycles. The van der Waals surface area contributed by atoms with E-state index in [1.807, 2.05) is 0 Å². The molecular formula is C12H27NS. The zero-order valence-corrected chi connectivity index (χ0v) is 10.6. The molecule has 0 bridgehead atoms. The Morgan fingerprint density at radius 1 is 0.857 bits per heavy atom. The van der Waals surface area contributed by atoms with Crippen LogP contribution in [0.5, 0.6) is 0 Å². The second-order valence-electron chi connectivity index (χ2n) is 4.25. The van der Waals surface area contributed by atoms with E-state index in [-0.39, 0.29) is 0 Å². The molecule has 0 aromatic heterocycles. The molecule has 0 heterocycles. The summed E-state index contributed by atoms with van der Waals surface area (Å²) in [5.41, 5.74) is 5.43. The lowest BCUT2D eigenvalue weighted by Crippen LogP contribution is -1.97. The second kappa shape index (κ2) is 11.4. The van der Waals surface area contributed by atoms with Gasteiger partial charge < -0.3 is 5.73 Å². The Bertz CT molecular complexity index is 104. The first-order valence-corrected chi connectivity index (χ1v) is 6.67. The lowest BCUT2D eigenvalue weighted by molar-refractivity contribution is 0.560. The molecule has 0 amide bonds. The summed E-state index contributed by atoms with van der Waals surface area (Å²) in [6.07, 6.45) is 12.1. The Morgan fingerprint density at radius 3 is 1.71 bits per heavy atom. The molecule has 0 spiro atoms. The van der Waals surface area contributed by atoms with Crippen molar-refractivity contribution >= 4 is 12.6 Å². The van der Waals surface area contributed by atoms with Gasteiger partial charge in [-0.05, 0) is 24.6 Å². The molecule has 0 saturated carbocycles. The Hall–Kier alpha value is 0.310. The molecule has 0 fully saturated rings. The highest BCUT2D eigenvalue weighted by Gasteiger charge is 1.95. The molecule has 0 aromatic carbocycles. The van der Waals surface area contributed by atoms with Crippen LogP contribution in [-0.2, 0) is 0 Å². The number of hydrogen-bond acceptors (Lipinski definition) is 2. The van der Waals surface area contributed by atoms with Crippen molar-refractivity contribution in [2.45, 2.75) is 70.0 Å². The molecule has 0 aliphatic rings. The molecule has 0 rings (SSSR count). The van der Waals surface area contributed by atoms with Crippen LogP contribution in [0.1, 0.15) is 64.7 Å². The van der Waals surface area contributed by atoms with Crippen molar-refractivity contribution in [3.05, 3.63) is 0 Å². The average Bonchev–Trinajstić information content (AvgIpc) is 2.15. The van der Waals surface area contributed by atoms with Crippen LogP contribution in [0.25, 0.3) is 0 Å². The quantitative estimate of drug-likeness (QED) is 0.423. The van der Waals surface area contributed by atoms with Crippen molar-refractivity contribution < 1.29 is 0 Å². The maximum atomic E-state index is 5.43. The number of nitrogens with two attached hydrogens (primary N) is 1. The van der Waals surface area contributed by atoms with Crippen molar-refractivity contribution in [3.63, 3.8) is 0 Å². The van der Waals surface area contributed by atoms with Crippen LogP contribution in [0.4, 0.5) is 0 Å². The maximum absolute atomic E-state index is 5.43. The fourth-order valence-electron chi connectivity index (χ4n) is 1.64. The lowest BCUT2D eigenvalue weighted by atomic mass is 10.1. The van der Waals surface area contributed by atoms with Gasteiger partial charge in [0.25, 0.3) is 0 Å². The summed E-state index contributed by atoms with van der Waals surface area (Å²) in [5, 5.41) is 0.583. The van der Waals surface area contributed by atoms with Gasteiger partial charge in [-0.3, -0.25) is 0 Å². The third-order valence-electron chi connectivity index (χ3n) is 2.58. The first-order chi connectivity index (χ1) is 6.77. The minimum atomic E-state index is 0.583. The van der Waals surface area contributed by atoms with E-state index in [1.165, 1.54) is 57.8 Å². The van der Waals surface area contributed by atoms with E-state index in [0.29, 0.717) is 5.25 Å². The molecule has 2 N–H and O–H groups in total. The summed E-state index contributed by atoms with van der Waals surface area (Å²) in [7, 11) is 0.